The van der Waals surface area contributed by atoms with Gasteiger partial charge in [-0.25, -0.2) is 0 Å². The van der Waals surface area contributed by atoms with E-state index in [1.807, 2.05) is 6.07 Å². The first-order valence-electron chi connectivity index (χ1n) is 7.01. The molecule has 1 aliphatic rings. The maximum Gasteiger partial charge on any atom is 0.231 e. The van der Waals surface area contributed by atoms with Crippen molar-refractivity contribution in [3.8, 4) is 11.5 Å². The Morgan fingerprint density at radius 3 is 2.90 bits per heavy atom. The molecule has 0 aliphatic carbocycles. The van der Waals surface area contributed by atoms with Gasteiger partial charge in [-0.05, 0) is 24.6 Å². The molecule has 0 bridgehead atoms. The van der Waals surface area contributed by atoms with Crippen LogP contribution in [0.25, 0.3) is 0 Å². The maximum atomic E-state index is 10.2. The number of benzene rings is 1. The van der Waals surface area contributed by atoms with Gasteiger partial charge in [-0.15, -0.1) is 0 Å². The summed E-state index contributed by atoms with van der Waals surface area (Å²) in [6.45, 7) is 3.20. The number of ether oxygens (including phenoxy) is 3. The molecular formula is C15H23NO5. The highest BCUT2D eigenvalue weighted by molar-refractivity contribution is 5.45. The van der Waals surface area contributed by atoms with Crippen molar-refractivity contribution in [2.45, 2.75) is 25.0 Å². The fourth-order valence-electron chi connectivity index (χ4n) is 2.13. The minimum atomic E-state index is -0.857. The zero-order valence-electron chi connectivity index (χ0n) is 12.5. The molecule has 1 aliphatic heterocycles. The topological polar surface area (TPSA) is 80.2 Å². The summed E-state index contributed by atoms with van der Waals surface area (Å²) in [6.07, 6.45) is -0.130. The molecule has 2 atom stereocenters. The number of rotatable bonds is 8. The minimum Gasteiger partial charge on any atom is -0.454 e. The van der Waals surface area contributed by atoms with Crippen LogP contribution in [0.3, 0.4) is 0 Å². The average Bonchev–Trinajstić information content (AvgIpc) is 2.92. The van der Waals surface area contributed by atoms with Crippen LogP contribution in [0.4, 0.5) is 0 Å². The van der Waals surface area contributed by atoms with E-state index in [9.17, 15) is 10.2 Å². The van der Waals surface area contributed by atoms with Crippen LogP contribution in [0.5, 0.6) is 11.5 Å². The zero-order valence-corrected chi connectivity index (χ0v) is 12.5. The standard InChI is InChI=1S/C15H23NO5/c1-15(18,5-6-19-2)9-16-8-12(17)11-3-4-13-14(7-11)21-10-20-13/h3-4,7,12,16-18H,5-6,8-10H2,1-2H3. The van der Waals surface area contributed by atoms with Crippen LogP contribution in [0.1, 0.15) is 25.0 Å². The monoisotopic (exact) mass is 297 g/mol. The Hall–Kier alpha value is -1.34. The van der Waals surface area contributed by atoms with Crippen molar-refractivity contribution >= 4 is 0 Å². The number of hydrogen-bond donors (Lipinski definition) is 3. The normalized spacial score (nSPS) is 17.5. The van der Waals surface area contributed by atoms with Gasteiger partial charge < -0.3 is 29.7 Å². The molecule has 6 heteroatoms. The van der Waals surface area contributed by atoms with Crippen molar-refractivity contribution in [2.75, 3.05) is 33.6 Å². The number of methoxy groups -OCH3 is 1. The van der Waals surface area contributed by atoms with E-state index in [2.05, 4.69) is 5.32 Å². The van der Waals surface area contributed by atoms with Crippen LogP contribution in [0.15, 0.2) is 18.2 Å². The van der Waals surface area contributed by atoms with Gasteiger partial charge in [0.1, 0.15) is 0 Å². The van der Waals surface area contributed by atoms with Crippen LogP contribution >= 0.6 is 0 Å². The molecule has 0 fully saturated rings. The average molecular weight is 297 g/mol. The van der Waals surface area contributed by atoms with Crippen molar-refractivity contribution in [1.82, 2.24) is 5.32 Å². The van der Waals surface area contributed by atoms with Gasteiger partial charge in [0.15, 0.2) is 11.5 Å². The van der Waals surface area contributed by atoms with Gasteiger partial charge in [-0.2, -0.15) is 0 Å². The fourth-order valence-corrected chi connectivity index (χ4v) is 2.13. The summed E-state index contributed by atoms with van der Waals surface area (Å²) >= 11 is 0. The second kappa shape index (κ2) is 7.09. The molecule has 1 aromatic rings. The van der Waals surface area contributed by atoms with Crippen LogP contribution in [0.2, 0.25) is 0 Å². The Kier molecular flexibility index (Phi) is 5.41. The maximum absolute atomic E-state index is 10.2. The SMILES string of the molecule is COCCC(C)(O)CNCC(O)c1ccc2c(c1)OCO2. The first-order valence-corrected chi connectivity index (χ1v) is 7.01. The quantitative estimate of drug-likeness (QED) is 0.659. The summed E-state index contributed by atoms with van der Waals surface area (Å²) in [5.41, 5.74) is -0.103. The predicted octanol–water partition coefficient (Wildman–Crippen LogP) is 0.826. The van der Waals surface area contributed by atoms with E-state index in [0.717, 1.165) is 5.56 Å². The Balaban J connectivity index is 1.80. The first kappa shape index (κ1) is 16.0. The third kappa shape index (κ3) is 4.57. The van der Waals surface area contributed by atoms with Crippen LogP contribution in [0, 0.1) is 0 Å². The summed E-state index contributed by atoms with van der Waals surface area (Å²) in [5, 5.41) is 23.3. The van der Waals surface area contributed by atoms with Gasteiger partial charge >= 0.3 is 0 Å². The lowest BCUT2D eigenvalue weighted by molar-refractivity contribution is 0.0224. The van der Waals surface area contributed by atoms with E-state index in [0.29, 0.717) is 37.6 Å². The summed E-state index contributed by atoms with van der Waals surface area (Å²) in [4.78, 5) is 0. The van der Waals surface area contributed by atoms with Crippen molar-refractivity contribution in [2.24, 2.45) is 0 Å². The third-order valence-electron chi connectivity index (χ3n) is 3.47. The Bertz CT molecular complexity index is 463. The molecule has 0 amide bonds. The highest BCUT2D eigenvalue weighted by atomic mass is 16.7. The van der Waals surface area contributed by atoms with Gasteiger partial charge in [-0.1, -0.05) is 6.07 Å². The highest BCUT2D eigenvalue weighted by Crippen LogP contribution is 2.34. The largest absolute Gasteiger partial charge is 0.454 e. The predicted molar refractivity (Wildman–Crippen MR) is 77.5 cm³/mol. The lowest BCUT2D eigenvalue weighted by Gasteiger charge is -2.24. The van der Waals surface area contributed by atoms with Crippen molar-refractivity contribution in [3.63, 3.8) is 0 Å². The molecule has 3 N–H and O–H groups in total. The van der Waals surface area contributed by atoms with E-state index in [4.69, 9.17) is 14.2 Å². The van der Waals surface area contributed by atoms with E-state index < -0.39 is 11.7 Å². The van der Waals surface area contributed by atoms with E-state index >= 15 is 0 Å². The molecular weight excluding hydrogens is 274 g/mol. The molecule has 0 saturated carbocycles. The van der Waals surface area contributed by atoms with Crippen LogP contribution < -0.4 is 14.8 Å². The van der Waals surface area contributed by atoms with E-state index in [1.54, 1.807) is 26.2 Å². The second-order valence-corrected chi connectivity index (χ2v) is 5.50. The molecule has 2 unspecified atom stereocenters. The number of fused-ring (bicyclic) bond motifs is 1. The molecule has 0 aromatic heterocycles. The molecule has 2 rings (SSSR count). The second-order valence-electron chi connectivity index (χ2n) is 5.50. The first-order chi connectivity index (χ1) is 10.0. The molecule has 0 radical (unpaired) electrons. The van der Waals surface area contributed by atoms with Gasteiger partial charge in [-0.3, -0.25) is 0 Å². The third-order valence-corrected chi connectivity index (χ3v) is 3.47. The number of aliphatic hydroxyl groups excluding tert-OH is 1. The highest BCUT2D eigenvalue weighted by Gasteiger charge is 2.21. The van der Waals surface area contributed by atoms with Crippen molar-refractivity contribution in [1.29, 1.82) is 0 Å². The number of hydrogen-bond acceptors (Lipinski definition) is 6. The lowest BCUT2D eigenvalue weighted by Crippen LogP contribution is -2.40. The Labute approximate surface area is 124 Å². The van der Waals surface area contributed by atoms with Crippen molar-refractivity contribution < 1.29 is 24.4 Å². The van der Waals surface area contributed by atoms with Gasteiger partial charge in [0.2, 0.25) is 6.79 Å². The smallest absolute Gasteiger partial charge is 0.231 e. The summed E-state index contributed by atoms with van der Waals surface area (Å²) in [6, 6.07) is 5.37. The van der Waals surface area contributed by atoms with Gasteiger partial charge in [0.25, 0.3) is 0 Å². The zero-order chi connectivity index (χ0) is 15.3. The Morgan fingerprint density at radius 1 is 1.38 bits per heavy atom. The van der Waals surface area contributed by atoms with E-state index in [-0.39, 0.29) is 6.79 Å². The molecule has 1 heterocycles. The van der Waals surface area contributed by atoms with E-state index in [1.165, 1.54) is 0 Å². The minimum absolute atomic E-state index is 0.218. The number of aliphatic hydroxyl groups is 2. The summed E-state index contributed by atoms with van der Waals surface area (Å²) < 4.78 is 15.5. The molecule has 0 saturated heterocycles. The van der Waals surface area contributed by atoms with Crippen LogP contribution in [-0.2, 0) is 4.74 Å². The molecule has 6 nitrogen and oxygen atoms in total. The fraction of sp³-hybridized carbons (Fsp3) is 0.600. The summed E-state index contributed by atoms with van der Waals surface area (Å²) in [7, 11) is 1.60. The lowest BCUT2D eigenvalue weighted by atomic mass is 10.0. The molecule has 0 spiro atoms. The molecule has 118 valence electrons. The van der Waals surface area contributed by atoms with Gasteiger partial charge in [0, 0.05) is 33.2 Å². The van der Waals surface area contributed by atoms with Gasteiger partial charge in [0.05, 0.1) is 11.7 Å². The molecule has 1 aromatic carbocycles. The Morgan fingerprint density at radius 2 is 2.14 bits per heavy atom. The number of nitrogens with one attached hydrogen (secondary N) is 1. The molecule has 21 heavy (non-hydrogen) atoms. The summed E-state index contributed by atoms with van der Waals surface area (Å²) in [5.74, 6) is 1.35. The van der Waals surface area contributed by atoms with Crippen LogP contribution in [-0.4, -0.2) is 49.4 Å². The van der Waals surface area contributed by atoms with Crippen molar-refractivity contribution in [3.05, 3.63) is 23.8 Å².